The summed E-state index contributed by atoms with van der Waals surface area (Å²) in [5.74, 6) is -0.722. The number of rotatable bonds is 8. The van der Waals surface area contributed by atoms with E-state index < -0.39 is 16.0 Å². The van der Waals surface area contributed by atoms with Crippen LogP contribution in [0.15, 0.2) is 18.2 Å². The number of anilines is 2. The molecule has 0 saturated heterocycles. The molecule has 0 spiro atoms. The van der Waals surface area contributed by atoms with Crippen molar-refractivity contribution in [2.45, 2.75) is 27.2 Å². The minimum absolute atomic E-state index is 0.0600. The van der Waals surface area contributed by atoms with E-state index in [0.717, 1.165) is 31.5 Å². The summed E-state index contributed by atoms with van der Waals surface area (Å²) in [6.07, 6.45) is 1.95. The molecular formula is C15H24N2O4S. The van der Waals surface area contributed by atoms with Crippen LogP contribution in [0.1, 0.15) is 37.6 Å². The van der Waals surface area contributed by atoms with Crippen molar-refractivity contribution in [3.63, 3.8) is 0 Å². The molecule has 22 heavy (non-hydrogen) atoms. The molecule has 0 bridgehead atoms. The number of sulfonamides is 1. The normalized spacial score (nSPS) is 11.5. The Kier molecular flexibility index (Phi) is 6.22. The molecule has 0 fully saturated rings. The van der Waals surface area contributed by atoms with Crippen molar-refractivity contribution in [3.8, 4) is 0 Å². The Balaban J connectivity index is 3.26. The van der Waals surface area contributed by atoms with Crippen LogP contribution in [0, 0.1) is 5.92 Å². The van der Waals surface area contributed by atoms with Crippen LogP contribution in [0.25, 0.3) is 0 Å². The molecule has 0 aliphatic carbocycles. The highest BCUT2D eigenvalue weighted by atomic mass is 32.2. The highest BCUT2D eigenvalue weighted by Gasteiger charge is 2.16. The molecule has 0 atom stereocenters. The van der Waals surface area contributed by atoms with Gasteiger partial charge >= 0.3 is 5.97 Å². The van der Waals surface area contributed by atoms with Crippen molar-refractivity contribution in [3.05, 3.63) is 23.8 Å². The fourth-order valence-corrected chi connectivity index (χ4v) is 2.80. The lowest BCUT2D eigenvalue weighted by molar-refractivity contribution is 0.0698. The fraction of sp³-hybridized carbons (Fsp3) is 0.533. The molecule has 124 valence electrons. The van der Waals surface area contributed by atoms with Gasteiger partial charge in [-0.15, -0.1) is 0 Å². The third kappa shape index (κ3) is 5.55. The van der Waals surface area contributed by atoms with Crippen molar-refractivity contribution >= 4 is 27.4 Å². The van der Waals surface area contributed by atoms with Gasteiger partial charge in [-0.3, -0.25) is 4.72 Å². The van der Waals surface area contributed by atoms with Crippen molar-refractivity contribution in [2.75, 3.05) is 29.0 Å². The molecule has 0 aromatic heterocycles. The lowest BCUT2D eigenvalue weighted by atomic mass is 10.1. The molecule has 0 heterocycles. The van der Waals surface area contributed by atoms with Crippen LogP contribution in [0.2, 0.25) is 0 Å². The number of carbonyl (C=O) groups is 1. The number of benzene rings is 1. The lowest BCUT2D eigenvalue weighted by Crippen LogP contribution is -2.28. The molecule has 1 aromatic rings. The van der Waals surface area contributed by atoms with Crippen LogP contribution in [-0.4, -0.2) is 38.8 Å². The number of hydrogen-bond donors (Lipinski definition) is 2. The highest BCUT2D eigenvalue weighted by molar-refractivity contribution is 7.92. The first-order chi connectivity index (χ1) is 10.1. The maximum Gasteiger partial charge on any atom is 0.337 e. The van der Waals surface area contributed by atoms with E-state index in [1.54, 1.807) is 12.1 Å². The Morgan fingerprint density at radius 2 is 2.00 bits per heavy atom. The molecule has 0 aliphatic heterocycles. The second-order valence-electron chi connectivity index (χ2n) is 5.75. The Morgan fingerprint density at radius 1 is 1.36 bits per heavy atom. The van der Waals surface area contributed by atoms with Crippen LogP contribution >= 0.6 is 0 Å². The predicted molar refractivity (Wildman–Crippen MR) is 89.2 cm³/mol. The number of nitrogens with one attached hydrogen (secondary N) is 1. The molecule has 0 radical (unpaired) electrons. The van der Waals surface area contributed by atoms with Gasteiger partial charge in [0.05, 0.1) is 17.5 Å². The summed E-state index contributed by atoms with van der Waals surface area (Å²) in [5, 5.41) is 9.19. The van der Waals surface area contributed by atoms with Gasteiger partial charge in [-0.2, -0.15) is 0 Å². The Bertz CT molecular complexity index is 626. The first kappa shape index (κ1) is 18.3. The third-order valence-electron chi connectivity index (χ3n) is 2.97. The zero-order chi connectivity index (χ0) is 16.9. The molecule has 1 aromatic carbocycles. The third-order valence-corrected chi connectivity index (χ3v) is 3.56. The largest absolute Gasteiger partial charge is 0.478 e. The standard InChI is InChI=1S/C15H24N2O4S/c1-5-8-17(10-11(2)3)12-6-7-13(15(18)19)14(9-12)16-22(4,20)21/h6-7,9,11,16H,5,8,10H2,1-4H3,(H,18,19). The lowest BCUT2D eigenvalue weighted by Gasteiger charge is -2.27. The molecule has 0 aliphatic rings. The van der Waals surface area contributed by atoms with Crippen LogP contribution in [0.3, 0.4) is 0 Å². The molecule has 1 rings (SSSR count). The molecular weight excluding hydrogens is 304 g/mol. The van der Waals surface area contributed by atoms with Crippen LogP contribution in [0.4, 0.5) is 11.4 Å². The summed E-state index contributed by atoms with van der Waals surface area (Å²) in [5.41, 5.74) is 0.847. The van der Waals surface area contributed by atoms with Crippen molar-refractivity contribution in [1.29, 1.82) is 0 Å². The number of nitrogens with zero attached hydrogens (tertiary/aromatic N) is 1. The van der Waals surface area contributed by atoms with Gasteiger partial charge in [0, 0.05) is 18.8 Å². The van der Waals surface area contributed by atoms with E-state index in [0.29, 0.717) is 5.92 Å². The average molecular weight is 328 g/mol. The summed E-state index contributed by atoms with van der Waals surface area (Å²) < 4.78 is 25.2. The van der Waals surface area contributed by atoms with Crippen molar-refractivity contribution in [1.82, 2.24) is 0 Å². The van der Waals surface area contributed by atoms with E-state index in [4.69, 9.17) is 0 Å². The number of hydrogen-bond acceptors (Lipinski definition) is 4. The van der Waals surface area contributed by atoms with Crippen molar-refractivity contribution in [2.24, 2.45) is 5.92 Å². The van der Waals surface area contributed by atoms with Gasteiger partial charge < -0.3 is 10.0 Å². The molecule has 0 unspecified atom stereocenters. The van der Waals surface area contributed by atoms with E-state index in [1.807, 2.05) is 0 Å². The summed E-state index contributed by atoms with van der Waals surface area (Å²) in [6, 6.07) is 4.74. The number of carboxylic acid groups (broad SMARTS) is 1. The summed E-state index contributed by atoms with van der Waals surface area (Å²) >= 11 is 0. The summed E-state index contributed by atoms with van der Waals surface area (Å²) in [6.45, 7) is 7.91. The minimum Gasteiger partial charge on any atom is -0.478 e. The first-order valence-electron chi connectivity index (χ1n) is 7.24. The Hall–Kier alpha value is -1.76. The second kappa shape index (κ2) is 7.49. The minimum atomic E-state index is -3.54. The van der Waals surface area contributed by atoms with E-state index in [1.165, 1.54) is 6.07 Å². The van der Waals surface area contributed by atoms with Gasteiger partial charge in [0.25, 0.3) is 0 Å². The number of carboxylic acids is 1. The van der Waals surface area contributed by atoms with E-state index in [-0.39, 0.29) is 11.3 Å². The number of aromatic carboxylic acids is 1. The maximum absolute atomic E-state index is 11.4. The van der Waals surface area contributed by atoms with Crippen LogP contribution in [-0.2, 0) is 10.0 Å². The van der Waals surface area contributed by atoms with E-state index in [9.17, 15) is 18.3 Å². The molecule has 0 saturated carbocycles. The Morgan fingerprint density at radius 3 is 2.45 bits per heavy atom. The molecule has 0 amide bonds. The van der Waals surface area contributed by atoms with E-state index >= 15 is 0 Å². The van der Waals surface area contributed by atoms with Crippen LogP contribution in [0.5, 0.6) is 0 Å². The highest BCUT2D eigenvalue weighted by Crippen LogP contribution is 2.25. The Labute approximate surface area is 132 Å². The fourth-order valence-electron chi connectivity index (χ4n) is 2.24. The smallest absolute Gasteiger partial charge is 0.337 e. The second-order valence-corrected chi connectivity index (χ2v) is 7.50. The maximum atomic E-state index is 11.4. The predicted octanol–water partition coefficient (Wildman–Crippen LogP) is 2.63. The molecule has 2 N–H and O–H groups in total. The molecule has 6 nitrogen and oxygen atoms in total. The van der Waals surface area contributed by atoms with Gasteiger partial charge in [0.2, 0.25) is 10.0 Å². The SMILES string of the molecule is CCCN(CC(C)C)c1ccc(C(=O)O)c(NS(C)(=O)=O)c1. The quantitative estimate of drug-likeness (QED) is 0.766. The zero-order valence-corrected chi connectivity index (χ0v) is 14.3. The van der Waals surface area contributed by atoms with Gasteiger partial charge in [0.15, 0.2) is 0 Å². The summed E-state index contributed by atoms with van der Waals surface area (Å²) in [4.78, 5) is 13.4. The van der Waals surface area contributed by atoms with E-state index in [2.05, 4.69) is 30.4 Å². The average Bonchev–Trinajstić information content (AvgIpc) is 2.35. The zero-order valence-electron chi connectivity index (χ0n) is 13.5. The van der Waals surface area contributed by atoms with Gasteiger partial charge in [0.1, 0.15) is 0 Å². The monoisotopic (exact) mass is 328 g/mol. The topological polar surface area (TPSA) is 86.7 Å². The summed E-state index contributed by atoms with van der Waals surface area (Å²) in [7, 11) is -3.54. The van der Waals surface area contributed by atoms with Crippen molar-refractivity contribution < 1.29 is 18.3 Å². The van der Waals surface area contributed by atoms with Gasteiger partial charge in [-0.25, -0.2) is 13.2 Å². The van der Waals surface area contributed by atoms with Gasteiger partial charge in [-0.05, 0) is 30.5 Å². The first-order valence-corrected chi connectivity index (χ1v) is 9.13. The van der Waals surface area contributed by atoms with Gasteiger partial charge in [-0.1, -0.05) is 20.8 Å². The van der Waals surface area contributed by atoms with Crippen LogP contribution < -0.4 is 9.62 Å². The molecule has 7 heteroatoms.